The second-order valence-corrected chi connectivity index (χ2v) is 8.38. The highest BCUT2D eigenvalue weighted by atomic mass is 16.2. The molecule has 1 aromatic heterocycles. The average Bonchev–Trinajstić information content (AvgIpc) is 3.01. The van der Waals surface area contributed by atoms with E-state index in [-0.39, 0.29) is 0 Å². The van der Waals surface area contributed by atoms with Crippen molar-refractivity contribution in [1.29, 1.82) is 0 Å². The summed E-state index contributed by atoms with van der Waals surface area (Å²) >= 11 is 0. The van der Waals surface area contributed by atoms with Crippen LogP contribution in [0.15, 0.2) is 53.6 Å². The second-order valence-electron chi connectivity index (χ2n) is 8.38. The van der Waals surface area contributed by atoms with Crippen LogP contribution < -0.4 is 10.7 Å². The second kappa shape index (κ2) is 9.64. The molecule has 6 heteroatoms. The number of benzene rings is 2. The molecule has 1 heterocycles. The highest BCUT2D eigenvalue weighted by Gasteiger charge is 2.14. The van der Waals surface area contributed by atoms with E-state index < -0.39 is 11.8 Å². The lowest BCUT2D eigenvalue weighted by Gasteiger charge is -2.13. The van der Waals surface area contributed by atoms with Crippen LogP contribution in [0.25, 0.3) is 5.69 Å². The lowest BCUT2D eigenvalue weighted by molar-refractivity contribution is -0.136. The van der Waals surface area contributed by atoms with Gasteiger partial charge in [-0.25, -0.2) is 5.43 Å². The Balaban J connectivity index is 1.66. The zero-order valence-electron chi connectivity index (χ0n) is 19.5. The van der Waals surface area contributed by atoms with E-state index in [1.807, 2.05) is 32.0 Å². The number of aromatic nitrogens is 1. The normalized spacial score (nSPS) is 11.2. The Labute approximate surface area is 189 Å². The van der Waals surface area contributed by atoms with E-state index >= 15 is 0 Å². The first-order valence-electron chi connectivity index (χ1n) is 10.7. The maximum Gasteiger partial charge on any atom is 0.329 e. The van der Waals surface area contributed by atoms with Crippen molar-refractivity contribution in [2.24, 2.45) is 5.10 Å². The Hall–Kier alpha value is -3.67. The van der Waals surface area contributed by atoms with Crippen molar-refractivity contribution < 1.29 is 9.59 Å². The molecule has 0 saturated heterocycles. The predicted octanol–water partition coefficient (Wildman–Crippen LogP) is 4.92. The van der Waals surface area contributed by atoms with Crippen LogP contribution in [0, 0.1) is 27.7 Å². The van der Waals surface area contributed by atoms with E-state index in [0.29, 0.717) is 11.6 Å². The molecule has 0 radical (unpaired) electrons. The van der Waals surface area contributed by atoms with Crippen LogP contribution in [-0.2, 0) is 9.59 Å². The molecule has 3 aromatic rings. The first-order valence-corrected chi connectivity index (χ1v) is 10.7. The summed E-state index contributed by atoms with van der Waals surface area (Å²) in [7, 11) is 0. The highest BCUT2D eigenvalue weighted by molar-refractivity contribution is 6.39. The summed E-state index contributed by atoms with van der Waals surface area (Å²) in [5, 5.41) is 6.57. The Morgan fingerprint density at radius 1 is 0.938 bits per heavy atom. The Kier molecular flexibility index (Phi) is 6.93. The van der Waals surface area contributed by atoms with Gasteiger partial charge in [-0.1, -0.05) is 43.7 Å². The first kappa shape index (κ1) is 23.0. The van der Waals surface area contributed by atoms with Gasteiger partial charge in [-0.05, 0) is 69.0 Å². The molecule has 0 aliphatic carbocycles. The standard InChI is InChI=1S/C26H30N4O2/c1-16(2)21-8-10-23(11-9-21)28-25(31)26(32)29-27-15-22-14-19(5)30(20(22)6)24-12-7-17(3)13-18(24)4/h7-16H,1-6H3,(H,28,31)(H,29,32)/b27-15-. The van der Waals surface area contributed by atoms with Crippen LogP contribution in [0.1, 0.15) is 53.4 Å². The van der Waals surface area contributed by atoms with Crippen molar-refractivity contribution in [1.82, 2.24) is 9.99 Å². The molecule has 3 rings (SSSR count). The molecule has 0 aliphatic heterocycles. The molecular formula is C26H30N4O2. The van der Waals surface area contributed by atoms with Crippen LogP contribution >= 0.6 is 0 Å². The van der Waals surface area contributed by atoms with E-state index in [1.165, 1.54) is 11.1 Å². The Bertz CT molecular complexity index is 1170. The number of hydrogen-bond donors (Lipinski definition) is 2. The average molecular weight is 431 g/mol. The van der Waals surface area contributed by atoms with E-state index in [0.717, 1.165) is 28.2 Å². The van der Waals surface area contributed by atoms with Crippen molar-refractivity contribution in [2.45, 2.75) is 47.5 Å². The molecular weight excluding hydrogens is 400 g/mol. The minimum Gasteiger partial charge on any atom is -0.318 e. The molecule has 0 spiro atoms. The molecule has 2 N–H and O–H groups in total. The third kappa shape index (κ3) is 5.14. The monoisotopic (exact) mass is 430 g/mol. The van der Waals surface area contributed by atoms with Gasteiger partial charge >= 0.3 is 11.8 Å². The van der Waals surface area contributed by atoms with Crippen LogP contribution in [0.3, 0.4) is 0 Å². The van der Waals surface area contributed by atoms with Gasteiger partial charge in [0.05, 0.1) is 6.21 Å². The zero-order valence-corrected chi connectivity index (χ0v) is 19.5. The summed E-state index contributed by atoms with van der Waals surface area (Å²) in [6.45, 7) is 12.4. The summed E-state index contributed by atoms with van der Waals surface area (Å²) in [5.41, 5.74) is 10.5. The van der Waals surface area contributed by atoms with E-state index in [4.69, 9.17) is 0 Å². The fourth-order valence-electron chi connectivity index (χ4n) is 3.70. The molecule has 2 aromatic carbocycles. The highest BCUT2D eigenvalue weighted by Crippen LogP contribution is 2.23. The van der Waals surface area contributed by atoms with Crippen LogP contribution in [-0.4, -0.2) is 22.6 Å². The van der Waals surface area contributed by atoms with Crippen molar-refractivity contribution in [3.63, 3.8) is 0 Å². The van der Waals surface area contributed by atoms with Gasteiger partial charge < -0.3 is 9.88 Å². The number of nitrogens with one attached hydrogen (secondary N) is 2. The summed E-state index contributed by atoms with van der Waals surface area (Å²) in [4.78, 5) is 24.3. The van der Waals surface area contributed by atoms with E-state index in [2.05, 4.69) is 66.3 Å². The third-order valence-electron chi connectivity index (χ3n) is 5.47. The molecule has 0 bridgehead atoms. The summed E-state index contributed by atoms with van der Waals surface area (Å²) in [6, 6.07) is 15.8. The number of anilines is 1. The van der Waals surface area contributed by atoms with Gasteiger partial charge in [0.2, 0.25) is 0 Å². The number of amides is 2. The summed E-state index contributed by atoms with van der Waals surface area (Å²) < 4.78 is 2.16. The van der Waals surface area contributed by atoms with E-state index in [9.17, 15) is 9.59 Å². The maximum atomic E-state index is 12.1. The molecule has 0 unspecified atom stereocenters. The third-order valence-corrected chi connectivity index (χ3v) is 5.47. The van der Waals surface area contributed by atoms with Gasteiger partial charge in [0.15, 0.2) is 0 Å². The number of nitrogens with zero attached hydrogens (tertiary/aromatic N) is 2. The lowest BCUT2D eigenvalue weighted by atomic mass is 10.0. The number of hydrazone groups is 1. The minimum atomic E-state index is -0.822. The number of rotatable bonds is 5. The maximum absolute atomic E-state index is 12.1. The molecule has 0 atom stereocenters. The molecule has 166 valence electrons. The number of carbonyl (C=O) groups is 2. The van der Waals surface area contributed by atoms with Crippen LogP contribution in [0.2, 0.25) is 0 Å². The largest absolute Gasteiger partial charge is 0.329 e. The smallest absolute Gasteiger partial charge is 0.318 e. The van der Waals surface area contributed by atoms with Crippen molar-refractivity contribution in [2.75, 3.05) is 5.32 Å². The van der Waals surface area contributed by atoms with Crippen LogP contribution in [0.4, 0.5) is 5.69 Å². The summed E-state index contributed by atoms with van der Waals surface area (Å²) in [6.07, 6.45) is 1.56. The lowest BCUT2D eigenvalue weighted by Crippen LogP contribution is -2.32. The van der Waals surface area contributed by atoms with Gasteiger partial charge in [0.1, 0.15) is 0 Å². The Morgan fingerprint density at radius 2 is 1.62 bits per heavy atom. The fraction of sp³-hybridized carbons (Fsp3) is 0.269. The van der Waals surface area contributed by atoms with Gasteiger partial charge in [-0.3, -0.25) is 9.59 Å². The molecule has 6 nitrogen and oxygen atoms in total. The van der Waals surface area contributed by atoms with Gasteiger partial charge in [0, 0.05) is 28.3 Å². The predicted molar refractivity (Wildman–Crippen MR) is 130 cm³/mol. The van der Waals surface area contributed by atoms with Gasteiger partial charge in [-0.2, -0.15) is 5.10 Å². The van der Waals surface area contributed by atoms with Gasteiger partial charge in [-0.15, -0.1) is 0 Å². The first-order chi connectivity index (χ1) is 15.2. The molecule has 2 amide bonds. The van der Waals surface area contributed by atoms with Crippen molar-refractivity contribution in [3.05, 3.63) is 82.2 Å². The quantitative estimate of drug-likeness (QED) is 0.342. The van der Waals surface area contributed by atoms with Crippen molar-refractivity contribution in [3.8, 4) is 5.69 Å². The number of hydrogen-bond acceptors (Lipinski definition) is 3. The Morgan fingerprint density at radius 3 is 2.25 bits per heavy atom. The zero-order chi connectivity index (χ0) is 23.4. The number of carbonyl (C=O) groups excluding carboxylic acids is 2. The summed E-state index contributed by atoms with van der Waals surface area (Å²) in [5.74, 6) is -1.19. The fourth-order valence-corrected chi connectivity index (χ4v) is 3.70. The minimum absolute atomic E-state index is 0.397. The topological polar surface area (TPSA) is 75.5 Å². The molecule has 0 saturated carbocycles. The van der Waals surface area contributed by atoms with Gasteiger partial charge in [0.25, 0.3) is 0 Å². The van der Waals surface area contributed by atoms with Crippen molar-refractivity contribution >= 4 is 23.7 Å². The molecule has 32 heavy (non-hydrogen) atoms. The van der Waals surface area contributed by atoms with Crippen LogP contribution in [0.5, 0.6) is 0 Å². The van der Waals surface area contributed by atoms with E-state index in [1.54, 1.807) is 18.3 Å². The SMILES string of the molecule is Cc1ccc(-n2c(C)cc(/C=N\NC(=O)C(=O)Nc3ccc(C(C)C)cc3)c2C)c(C)c1. The number of aryl methyl sites for hydroxylation is 3. The molecule has 0 aliphatic rings. The molecule has 0 fully saturated rings.